The quantitative estimate of drug-likeness (QED) is 0.857. The van der Waals surface area contributed by atoms with E-state index in [1.807, 2.05) is 0 Å². The topological polar surface area (TPSA) is 40.5 Å². The van der Waals surface area contributed by atoms with Gasteiger partial charge in [0.2, 0.25) is 0 Å². The van der Waals surface area contributed by atoms with Crippen molar-refractivity contribution < 1.29 is 9.90 Å². The van der Waals surface area contributed by atoms with E-state index in [1.54, 1.807) is 0 Å². The molecule has 1 aliphatic heterocycles. The normalized spacial score (nSPS) is 41.8. The van der Waals surface area contributed by atoms with Gasteiger partial charge in [0.05, 0.1) is 5.41 Å². The Morgan fingerprint density at radius 3 is 2.75 bits per heavy atom. The molecule has 2 unspecified atom stereocenters. The minimum atomic E-state index is -0.530. The Kier molecular flexibility index (Phi) is 4.07. The minimum Gasteiger partial charge on any atom is -0.481 e. The standard InChI is InChI=1S/C17H29NO2/c1-2-13-5-3-6-14(9-13)10-18-11-15-7-4-8-17(15,12-18)16(19)20/h13-15H,2-12H2,1H3,(H,19,20)/t13?,14?,15-,17+/m0/s1. The molecule has 1 N–H and O–H groups in total. The van der Waals surface area contributed by atoms with Crippen LogP contribution < -0.4 is 0 Å². The molecule has 0 amide bonds. The average molecular weight is 279 g/mol. The van der Waals surface area contributed by atoms with Gasteiger partial charge in [-0.3, -0.25) is 4.79 Å². The van der Waals surface area contributed by atoms with Crippen molar-refractivity contribution in [3.8, 4) is 0 Å². The molecule has 0 aromatic heterocycles. The molecule has 1 saturated heterocycles. The van der Waals surface area contributed by atoms with Crippen LogP contribution in [0.1, 0.15) is 58.3 Å². The Morgan fingerprint density at radius 1 is 1.25 bits per heavy atom. The number of carboxylic acids is 1. The highest BCUT2D eigenvalue weighted by molar-refractivity contribution is 5.76. The predicted molar refractivity (Wildman–Crippen MR) is 79.6 cm³/mol. The Hall–Kier alpha value is -0.570. The Labute approximate surface area is 122 Å². The molecule has 3 aliphatic rings. The summed E-state index contributed by atoms with van der Waals surface area (Å²) in [7, 11) is 0. The van der Waals surface area contributed by atoms with Crippen LogP contribution in [0.5, 0.6) is 0 Å². The lowest BCUT2D eigenvalue weighted by Crippen LogP contribution is -2.37. The predicted octanol–water partition coefficient (Wildman–Crippen LogP) is 3.39. The van der Waals surface area contributed by atoms with E-state index in [2.05, 4.69) is 11.8 Å². The monoisotopic (exact) mass is 279 g/mol. The van der Waals surface area contributed by atoms with Crippen molar-refractivity contribution in [2.75, 3.05) is 19.6 Å². The first kappa shape index (κ1) is 14.4. The molecule has 3 heteroatoms. The van der Waals surface area contributed by atoms with Gasteiger partial charge in [-0.15, -0.1) is 0 Å². The Balaban J connectivity index is 1.59. The third kappa shape index (κ3) is 2.49. The van der Waals surface area contributed by atoms with Crippen LogP contribution in [0.4, 0.5) is 0 Å². The number of hydrogen-bond donors (Lipinski definition) is 1. The van der Waals surface area contributed by atoms with Crippen LogP contribution in [0.25, 0.3) is 0 Å². The van der Waals surface area contributed by atoms with Crippen molar-refractivity contribution in [2.24, 2.45) is 23.2 Å². The maximum absolute atomic E-state index is 11.7. The summed E-state index contributed by atoms with van der Waals surface area (Å²) >= 11 is 0. The molecule has 0 bridgehead atoms. The Morgan fingerprint density at radius 2 is 2.05 bits per heavy atom. The molecule has 3 nitrogen and oxygen atoms in total. The van der Waals surface area contributed by atoms with Crippen LogP contribution in [0.15, 0.2) is 0 Å². The minimum absolute atomic E-state index is 0.390. The smallest absolute Gasteiger partial charge is 0.311 e. The van der Waals surface area contributed by atoms with E-state index in [0.717, 1.165) is 50.7 Å². The van der Waals surface area contributed by atoms with Crippen LogP contribution in [-0.2, 0) is 4.79 Å². The van der Waals surface area contributed by atoms with E-state index in [-0.39, 0.29) is 0 Å². The highest BCUT2D eigenvalue weighted by atomic mass is 16.4. The number of likely N-dealkylation sites (tertiary alicyclic amines) is 1. The van der Waals surface area contributed by atoms with Crippen LogP contribution in [0.3, 0.4) is 0 Å². The summed E-state index contributed by atoms with van der Waals surface area (Å²) < 4.78 is 0. The molecule has 20 heavy (non-hydrogen) atoms. The van der Waals surface area contributed by atoms with Gasteiger partial charge < -0.3 is 10.0 Å². The third-order valence-electron chi connectivity index (χ3n) is 6.35. The summed E-state index contributed by atoms with van der Waals surface area (Å²) in [5.41, 5.74) is -0.390. The first-order valence-electron chi connectivity index (χ1n) is 8.60. The summed E-state index contributed by atoms with van der Waals surface area (Å²) in [6.45, 7) is 5.33. The van der Waals surface area contributed by atoms with Gasteiger partial charge in [-0.2, -0.15) is 0 Å². The lowest BCUT2D eigenvalue weighted by Gasteiger charge is -2.32. The zero-order chi connectivity index (χ0) is 14.2. The molecule has 114 valence electrons. The fraction of sp³-hybridized carbons (Fsp3) is 0.941. The second-order valence-corrected chi connectivity index (χ2v) is 7.55. The molecule has 0 aromatic carbocycles. The van der Waals surface area contributed by atoms with Gasteiger partial charge in [0.15, 0.2) is 0 Å². The molecule has 0 spiro atoms. The van der Waals surface area contributed by atoms with Crippen LogP contribution in [0.2, 0.25) is 0 Å². The maximum atomic E-state index is 11.7. The maximum Gasteiger partial charge on any atom is 0.311 e. The van der Waals surface area contributed by atoms with Crippen molar-refractivity contribution in [2.45, 2.75) is 58.3 Å². The number of carboxylic acid groups (broad SMARTS) is 1. The highest BCUT2D eigenvalue weighted by Gasteiger charge is 2.54. The van der Waals surface area contributed by atoms with Gasteiger partial charge in [0, 0.05) is 19.6 Å². The average Bonchev–Trinajstić information content (AvgIpc) is 2.96. The van der Waals surface area contributed by atoms with E-state index in [4.69, 9.17) is 0 Å². The van der Waals surface area contributed by atoms with Gasteiger partial charge in [0.25, 0.3) is 0 Å². The summed E-state index contributed by atoms with van der Waals surface area (Å²) in [5, 5.41) is 9.65. The van der Waals surface area contributed by atoms with Crippen molar-refractivity contribution in [1.82, 2.24) is 4.90 Å². The molecule has 4 atom stereocenters. The van der Waals surface area contributed by atoms with Gasteiger partial charge in [-0.1, -0.05) is 32.6 Å². The molecular weight excluding hydrogens is 250 g/mol. The fourth-order valence-electron chi connectivity index (χ4n) is 5.19. The van der Waals surface area contributed by atoms with Gasteiger partial charge in [-0.05, 0) is 43.4 Å². The summed E-state index contributed by atoms with van der Waals surface area (Å²) in [6.07, 6.45) is 10.00. The van der Waals surface area contributed by atoms with Gasteiger partial charge in [-0.25, -0.2) is 0 Å². The summed E-state index contributed by atoms with van der Waals surface area (Å²) in [5.74, 6) is 1.63. The molecular formula is C17H29NO2. The largest absolute Gasteiger partial charge is 0.481 e. The number of fused-ring (bicyclic) bond motifs is 1. The molecule has 1 heterocycles. The second-order valence-electron chi connectivity index (χ2n) is 7.55. The summed E-state index contributed by atoms with van der Waals surface area (Å²) in [6, 6.07) is 0. The van der Waals surface area contributed by atoms with E-state index in [9.17, 15) is 9.90 Å². The lowest BCUT2D eigenvalue weighted by atomic mass is 9.80. The van der Waals surface area contributed by atoms with Gasteiger partial charge in [0.1, 0.15) is 0 Å². The molecule has 0 aromatic rings. The number of rotatable bonds is 4. The van der Waals surface area contributed by atoms with Crippen LogP contribution in [0, 0.1) is 23.2 Å². The molecule has 3 rings (SSSR count). The highest BCUT2D eigenvalue weighted by Crippen LogP contribution is 2.49. The third-order valence-corrected chi connectivity index (χ3v) is 6.35. The zero-order valence-corrected chi connectivity index (χ0v) is 12.8. The molecule has 3 fully saturated rings. The fourth-order valence-corrected chi connectivity index (χ4v) is 5.19. The molecule has 0 radical (unpaired) electrons. The SMILES string of the molecule is CCC1CCCC(CN2C[C@@H]3CCC[C@@]3(C(=O)O)C2)C1. The second kappa shape index (κ2) is 5.67. The number of hydrogen-bond acceptors (Lipinski definition) is 2. The molecule has 2 aliphatic carbocycles. The van der Waals surface area contributed by atoms with Crippen LogP contribution in [-0.4, -0.2) is 35.6 Å². The first-order chi connectivity index (χ1) is 9.64. The van der Waals surface area contributed by atoms with E-state index >= 15 is 0 Å². The summed E-state index contributed by atoms with van der Waals surface area (Å²) in [4.78, 5) is 14.2. The van der Waals surface area contributed by atoms with Crippen LogP contribution >= 0.6 is 0 Å². The zero-order valence-electron chi connectivity index (χ0n) is 12.8. The van der Waals surface area contributed by atoms with E-state index in [1.165, 1.54) is 32.1 Å². The van der Waals surface area contributed by atoms with Crippen molar-refractivity contribution in [3.63, 3.8) is 0 Å². The lowest BCUT2D eigenvalue weighted by molar-refractivity contribution is -0.149. The van der Waals surface area contributed by atoms with E-state index < -0.39 is 11.4 Å². The number of carbonyl (C=O) groups is 1. The van der Waals surface area contributed by atoms with Crippen molar-refractivity contribution in [1.29, 1.82) is 0 Å². The number of nitrogens with zero attached hydrogens (tertiary/aromatic N) is 1. The molecule has 2 saturated carbocycles. The van der Waals surface area contributed by atoms with E-state index in [0.29, 0.717) is 5.92 Å². The van der Waals surface area contributed by atoms with Crippen molar-refractivity contribution >= 4 is 5.97 Å². The first-order valence-corrected chi connectivity index (χ1v) is 8.60. The van der Waals surface area contributed by atoms with Gasteiger partial charge >= 0.3 is 5.97 Å². The number of aliphatic carboxylic acids is 1. The Bertz CT molecular complexity index is 370. The van der Waals surface area contributed by atoms with Crippen molar-refractivity contribution in [3.05, 3.63) is 0 Å².